The lowest BCUT2D eigenvalue weighted by molar-refractivity contribution is -0.139. The average molecular weight is 241 g/mol. The Hall–Kier alpha value is -1.14. The SMILES string of the molecule is NC(=O)C1CC(O)CN1C(=O)[C@H]1CCCCN1. The van der Waals surface area contributed by atoms with Crippen molar-refractivity contribution in [2.45, 2.75) is 43.9 Å². The molecule has 96 valence electrons. The minimum atomic E-state index is -0.652. The summed E-state index contributed by atoms with van der Waals surface area (Å²) in [4.78, 5) is 24.9. The lowest BCUT2D eigenvalue weighted by Crippen LogP contribution is -2.52. The summed E-state index contributed by atoms with van der Waals surface area (Å²) < 4.78 is 0. The molecule has 2 saturated heterocycles. The van der Waals surface area contributed by atoms with E-state index in [0.717, 1.165) is 25.8 Å². The molecule has 2 amide bonds. The molecular formula is C11H19N3O3. The van der Waals surface area contributed by atoms with Crippen LogP contribution in [0.5, 0.6) is 0 Å². The standard InChI is InChI=1S/C11H19N3O3/c12-10(16)9-5-7(15)6-14(9)11(17)8-3-1-2-4-13-8/h7-9,13,15H,1-6H2,(H2,12,16)/t7?,8-,9?/m1/s1. The second kappa shape index (κ2) is 5.01. The van der Waals surface area contributed by atoms with E-state index in [2.05, 4.69) is 5.32 Å². The Kier molecular flexibility index (Phi) is 3.63. The second-order valence-corrected chi connectivity index (χ2v) is 4.80. The van der Waals surface area contributed by atoms with E-state index in [9.17, 15) is 14.7 Å². The molecule has 0 aromatic heterocycles. The molecule has 3 atom stereocenters. The Morgan fingerprint density at radius 2 is 2.12 bits per heavy atom. The number of aliphatic hydroxyl groups is 1. The van der Waals surface area contributed by atoms with Crippen LogP contribution in [0.4, 0.5) is 0 Å². The number of nitrogens with zero attached hydrogens (tertiary/aromatic N) is 1. The van der Waals surface area contributed by atoms with Gasteiger partial charge in [-0.05, 0) is 19.4 Å². The molecule has 0 radical (unpaired) electrons. The lowest BCUT2D eigenvalue weighted by Gasteiger charge is -2.29. The summed E-state index contributed by atoms with van der Waals surface area (Å²) in [6.07, 6.45) is 2.50. The molecule has 0 saturated carbocycles. The zero-order valence-corrected chi connectivity index (χ0v) is 9.76. The van der Waals surface area contributed by atoms with E-state index < -0.39 is 18.1 Å². The molecule has 0 aliphatic carbocycles. The molecule has 0 spiro atoms. The first kappa shape index (κ1) is 12.3. The zero-order chi connectivity index (χ0) is 12.4. The fourth-order valence-corrected chi connectivity index (χ4v) is 2.59. The van der Waals surface area contributed by atoms with Gasteiger partial charge in [-0.25, -0.2) is 0 Å². The lowest BCUT2D eigenvalue weighted by atomic mass is 10.0. The maximum absolute atomic E-state index is 12.2. The van der Waals surface area contributed by atoms with Gasteiger partial charge >= 0.3 is 0 Å². The van der Waals surface area contributed by atoms with Crippen molar-refractivity contribution < 1.29 is 14.7 Å². The Bertz CT molecular complexity index is 315. The number of likely N-dealkylation sites (tertiary alicyclic amines) is 1. The molecule has 0 aromatic carbocycles. The molecule has 2 aliphatic heterocycles. The summed E-state index contributed by atoms with van der Waals surface area (Å²) >= 11 is 0. The van der Waals surface area contributed by atoms with Crippen LogP contribution in [-0.4, -0.2) is 53.1 Å². The summed E-state index contributed by atoms with van der Waals surface area (Å²) in [5.74, 6) is -0.643. The Labute approximate surface area is 100 Å². The fraction of sp³-hybridized carbons (Fsp3) is 0.818. The monoisotopic (exact) mass is 241 g/mol. The molecule has 2 fully saturated rings. The highest BCUT2D eigenvalue weighted by molar-refractivity contribution is 5.89. The van der Waals surface area contributed by atoms with Gasteiger partial charge in [-0.15, -0.1) is 0 Å². The van der Waals surface area contributed by atoms with Gasteiger partial charge in [-0.1, -0.05) is 6.42 Å². The van der Waals surface area contributed by atoms with Crippen molar-refractivity contribution in [3.63, 3.8) is 0 Å². The van der Waals surface area contributed by atoms with Crippen LogP contribution in [0.25, 0.3) is 0 Å². The first-order chi connectivity index (χ1) is 8.09. The zero-order valence-electron chi connectivity index (χ0n) is 9.76. The van der Waals surface area contributed by atoms with Crippen LogP contribution in [0.1, 0.15) is 25.7 Å². The number of amides is 2. The van der Waals surface area contributed by atoms with Crippen molar-refractivity contribution in [3.8, 4) is 0 Å². The number of primary amides is 1. The summed E-state index contributed by atoms with van der Waals surface area (Å²) in [6.45, 7) is 1.04. The number of piperidine rings is 1. The number of β-amino-alcohol motifs (C(OH)–C–C–N with tert-alkyl or cyclic N) is 1. The highest BCUT2D eigenvalue weighted by atomic mass is 16.3. The highest BCUT2D eigenvalue weighted by Gasteiger charge is 2.40. The molecule has 0 aromatic rings. The minimum Gasteiger partial charge on any atom is -0.391 e. The van der Waals surface area contributed by atoms with Gasteiger partial charge in [0.1, 0.15) is 6.04 Å². The van der Waals surface area contributed by atoms with Crippen molar-refractivity contribution in [1.82, 2.24) is 10.2 Å². The summed E-state index contributed by atoms with van der Waals surface area (Å²) in [6, 6.07) is -0.878. The van der Waals surface area contributed by atoms with Gasteiger partial charge in [-0.2, -0.15) is 0 Å². The second-order valence-electron chi connectivity index (χ2n) is 4.80. The molecule has 0 bridgehead atoms. The third-order valence-corrected chi connectivity index (χ3v) is 3.50. The predicted molar refractivity (Wildman–Crippen MR) is 61.0 cm³/mol. The van der Waals surface area contributed by atoms with Crippen LogP contribution in [0, 0.1) is 0 Å². The van der Waals surface area contributed by atoms with Crippen LogP contribution in [0.3, 0.4) is 0 Å². The van der Waals surface area contributed by atoms with E-state index in [1.807, 2.05) is 0 Å². The van der Waals surface area contributed by atoms with E-state index in [4.69, 9.17) is 5.73 Å². The van der Waals surface area contributed by atoms with E-state index in [-0.39, 0.29) is 24.9 Å². The van der Waals surface area contributed by atoms with Gasteiger partial charge in [0.25, 0.3) is 0 Å². The van der Waals surface area contributed by atoms with Gasteiger partial charge in [0.05, 0.1) is 12.1 Å². The van der Waals surface area contributed by atoms with Gasteiger partial charge in [-0.3, -0.25) is 9.59 Å². The number of aliphatic hydroxyl groups excluding tert-OH is 1. The van der Waals surface area contributed by atoms with Gasteiger partial charge in [0.15, 0.2) is 0 Å². The maximum Gasteiger partial charge on any atom is 0.240 e. The van der Waals surface area contributed by atoms with Crippen molar-refractivity contribution in [3.05, 3.63) is 0 Å². The molecule has 2 aliphatic rings. The maximum atomic E-state index is 12.2. The highest BCUT2D eigenvalue weighted by Crippen LogP contribution is 2.20. The summed E-state index contributed by atoms with van der Waals surface area (Å²) in [5, 5.41) is 12.7. The third kappa shape index (κ3) is 2.58. The van der Waals surface area contributed by atoms with E-state index in [1.54, 1.807) is 0 Å². The molecule has 6 heteroatoms. The molecular weight excluding hydrogens is 222 g/mol. The topological polar surface area (TPSA) is 95.7 Å². The number of hydrogen-bond acceptors (Lipinski definition) is 4. The third-order valence-electron chi connectivity index (χ3n) is 3.50. The van der Waals surface area contributed by atoms with E-state index in [1.165, 1.54) is 4.90 Å². The summed E-state index contributed by atoms with van der Waals surface area (Å²) in [7, 11) is 0. The smallest absolute Gasteiger partial charge is 0.240 e. The van der Waals surface area contributed by atoms with Crippen molar-refractivity contribution in [1.29, 1.82) is 0 Å². The quantitative estimate of drug-likeness (QED) is 0.552. The number of carbonyl (C=O) groups is 2. The van der Waals surface area contributed by atoms with Crippen LogP contribution in [0.15, 0.2) is 0 Å². The molecule has 2 heterocycles. The van der Waals surface area contributed by atoms with Crippen LogP contribution >= 0.6 is 0 Å². The van der Waals surface area contributed by atoms with E-state index in [0.29, 0.717) is 0 Å². The minimum absolute atomic E-state index is 0.106. The number of hydrogen-bond donors (Lipinski definition) is 3. The number of rotatable bonds is 2. The Morgan fingerprint density at radius 1 is 1.35 bits per heavy atom. The van der Waals surface area contributed by atoms with Crippen LogP contribution in [0.2, 0.25) is 0 Å². The molecule has 2 unspecified atom stereocenters. The normalized spacial score (nSPS) is 33.7. The fourth-order valence-electron chi connectivity index (χ4n) is 2.59. The molecule has 4 N–H and O–H groups in total. The Morgan fingerprint density at radius 3 is 2.71 bits per heavy atom. The van der Waals surface area contributed by atoms with Gasteiger partial charge < -0.3 is 21.1 Å². The Balaban J connectivity index is 2.04. The average Bonchev–Trinajstić information content (AvgIpc) is 2.72. The van der Waals surface area contributed by atoms with Crippen molar-refractivity contribution >= 4 is 11.8 Å². The van der Waals surface area contributed by atoms with Crippen molar-refractivity contribution in [2.24, 2.45) is 5.73 Å². The predicted octanol–water partition coefficient (Wildman–Crippen LogP) is -1.42. The molecule has 2 rings (SSSR count). The van der Waals surface area contributed by atoms with Crippen LogP contribution in [-0.2, 0) is 9.59 Å². The number of nitrogens with two attached hydrogens (primary N) is 1. The summed E-state index contributed by atoms with van der Waals surface area (Å²) in [5.41, 5.74) is 5.25. The number of nitrogens with one attached hydrogen (secondary N) is 1. The van der Waals surface area contributed by atoms with Crippen LogP contribution < -0.4 is 11.1 Å². The van der Waals surface area contributed by atoms with Gasteiger partial charge in [0, 0.05) is 13.0 Å². The van der Waals surface area contributed by atoms with Crippen molar-refractivity contribution in [2.75, 3.05) is 13.1 Å². The molecule has 17 heavy (non-hydrogen) atoms. The van der Waals surface area contributed by atoms with Gasteiger partial charge in [0.2, 0.25) is 11.8 Å². The molecule has 6 nitrogen and oxygen atoms in total. The first-order valence-electron chi connectivity index (χ1n) is 6.11. The largest absolute Gasteiger partial charge is 0.391 e. The first-order valence-corrected chi connectivity index (χ1v) is 6.11. The van der Waals surface area contributed by atoms with E-state index >= 15 is 0 Å². The number of carbonyl (C=O) groups excluding carboxylic acids is 2.